The van der Waals surface area contributed by atoms with Gasteiger partial charge in [0.05, 0.1) is 0 Å². The summed E-state index contributed by atoms with van der Waals surface area (Å²) in [6.07, 6.45) is 0. The van der Waals surface area contributed by atoms with E-state index in [2.05, 4.69) is 76.1 Å². The van der Waals surface area contributed by atoms with E-state index in [1.807, 2.05) is 0 Å². The van der Waals surface area contributed by atoms with E-state index in [-0.39, 0.29) is 10.1 Å². The molecule has 0 heterocycles. The van der Waals surface area contributed by atoms with Gasteiger partial charge in [0.15, 0.2) is 0 Å². The molecule has 116 valence electrons. The molecule has 0 rings (SSSR count). The van der Waals surface area contributed by atoms with Crippen LogP contribution >= 0.6 is 0 Å². The number of hydrogen-bond acceptors (Lipinski definition) is 0. The van der Waals surface area contributed by atoms with Crippen LogP contribution < -0.4 is 0 Å². The van der Waals surface area contributed by atoms with Crippen LogP contribution in [0, 0.1) is 0 Å². The molecule has 0 aromatic rings. The summed E-state index contributed by atoms with van der Waals surface area (Å²) >= 11 is -4.12. The zero-order chi connectivity index (χ0) is 16.1. The quantitative estimate of drug-likeness (QED) is 0.362. The SMILES string of the molecule is CC(C)(C)[Si](F)([CH]([Ge]([CH3])([CH3])[CH3])[Ge]([CH3])([CH3])[CH3])C(C)(C)C. The fourth-order valence-electron chi connectivity index (χ4n) is 4.48. The van der Waals surface area contributed by atoms with Crippen LogP contribution in [0.25, 0.3) is 0 Å². The van der Waals surface area contributed by atoms with Crippen LogP contribution in [0.3, 0.4) is 0 Å². The van der Waals surface area contributed by atoms with Gasteiger partial charge in [-0.15, -0.1) is 0 Å². The second-order valence-corrected chi connectivity index (χ2v) is 42.6. The van der Waals surface area contributed by atoms with Crippen LogP contribution in [0.4, 0.5) is 4.11 Å². The van der Waals surface area contributed by atoms with Crippen molar-refractivity contribution in [2.75, 3.05) is 0 Å². The van der Waals surface area contributed by atoms with Crippen molar-refractivity contribution >= 4 is 34.9 Å². The first kappa shape index (κ1) is 20.2. The molecule has 0 amide bonds. The van der Waals surface area contributed by atoms with Gasteiger partial charge in [-0.1, -0.05) is 0 Å². The molecule has 0 radical (unpaired) electrons. The topological polar surface area (TPSA) is 0 Å². The Labute approximate surface area is 128 Å². The summed E-state index contributed by atoms with van der Waals surface area (Å²) in [5, 5.41) is -0.319. The molecule has 0 fully saturated rings. The van der Waals surface area contributed by atoms with Gasteiger partial charge in [-0.25, -0.2) is 0 Å². The van der Waals surface area contributed by atoms with E-state index in [0.717, 1.165) is 0 Å². The second-order valence-electron chi connectivity index (χ2n) is 10.4. The molecule has 0 spiro atoms. The molecule has 0 aromatic heterocycles. The average molecular weight is 410 g/mol. The third kappa shape index (κ3) is 4.12. The Kier molecular flexibility index (Phi) is 5.81. The van der Waals surface area contributed by atoms with Crippen LogP contribution in [0.5, 0.6) is 0 Å². The monoisotopic (exact) mass is 412 g/mol. The molecule has 0 aliphatic rings. The predicted octanol–water partition coefficient (Wildman–Crippen LogP) is 6.63. The van der Waals surface area contributed by atoms with Crippen molar-refractivity contribution in [3.05, 3.63) is 0 Å². The van der Waals surface area contributed by atoms with Crippen molar-refractivity contribution in [3.63, 3.8) is 0 Å². The van der Waals surface area contributed by atoms with E-state index >= 15 is 4.11 Å². The molecule has 0 bridgehead atoms. The number of halogens is 1. The molecule has 0 saturated carbocycles. The first-order valence-electron chi connectivity index (χ1n) is 7.56. The van der Waals surface area contributed by atoms with Crippen LogP contribution in [0.1, 0.15) is 41.5 Å². The van der Waals surface area contributed by atoms with E-state index in [9.17, 15) is 0 Å². The molecular formula is C15H37FGe2Si. The van der Waals surface area contributed by atoms with Gasteiger partial charge in [0.2, 0.25) is 0 Å². The second kappa shape index (κ2) is 5.46. The fourth-order valence-corrected chi connectivity index (χ4v) is 70.6. The Balaban J connectivity index is 6.28. The predicted molar refractivity (Wildman–Crippen MR) is 96.7 cm³/mol. The maximum absolute atomic E-state index is 16.7. The number of hydrogen-bond donors (Lipinski definition) is 0. The average Bonchev–Trinajstić information content (AvgIpc) is 1.92. The van der Waals surface area contributed by atoms with Gasteiger partial charge in [0, 0.05) is 0 Å². The van der Waals surface area contributed by atoms with Crippen LogP contribution in [0.2, 0.25) is 47.8 Å². The molecule has 0 aliphatic carbocycles. The minimum absolute atomic E-state index is 0.160. The summed E-state index contributed by atoms with van der Waals surface area (Å²) in [5.41, 5.74) is 0. The molecule has 0 aromatic carbocycles. The van der Waals surface area contributed by atoms with Crippen LogP contribution in [-0.2, 0) is 0 Å². The summed E-state index contributed by atoms with van der Waals surface area (Å²) in [5.74, 6) is 14.7. The molecule has 0 aliphatic heterocycles. The summed E-state index contributed by atoms with van der Waals surface area (Å²) in [6.45, 7) is 13.0. The summed E-state index contributed by atoms with van der Waals surface area (Å²) in [7, 11) is -2.89. The molecule has 4 heteroatoms. The molecule has 0 saturated heterocycles. The van der Waals surface area contributed by atoms with Gasteiger partial charge in [0.1, 0.15) is 0 Å². The first-order chi connectivity index (χ1) is 7.87. The van der Waals surface area contributed by atoms with Gasteiger partial charge < -0.3 is 0 Å². The zero-order valence-corrected chi connectivity index (χ0v) is 20.7. The Bertz CT molecular complexity index is 285. The van der Waals surface area contributed by atoms with Gasteiger partial charge in [0.25, 0.3) is 0 Å². The van der Waals surface area contributed by atoms with Gasteiger partial charge in [-0.2, -0.15) is 0 Å². The summed E-state index contributed by atoms with van der Waals surface area (Å²) in [4.78, 5) is 0. The molecule has 0 unspecified atom stereocenters. The van der Waals surface area contributed by atoms with E-state index in [1.165, 1.54) is 0 Å². The minimum atomic E-state index is -2.89. The standard InChI is InChI=1S/C15H37FGe2Si/c1-14(2,3)19(16,15(4,5)6)13(17(7,8)9)18(10,11)12/h13H,1-12H3. The molecule has 0 nitrogen and oxygen atoms in total. The van der Waals surface area contributed by atoms with Crippen molar-refractivity contribution in [1.82, 2.24) is 0 Å². The zero-order valence-electron chi connectivity index (χ0n) is 15.5. The van der Waals surface area contributed by atoms with Crippen molar-refractivity contribution in [1.29, 1.82) is 0 Å². The van der Waals surface area contributed by atoms with E-state index in [1.54, 1.807) is 0 Å². The van der Waals surface area contributed by atoms with Gasteiger partial charge >= 0.3 is 128 Å². The molecule has 0 N–H and O–H groups in total. The third-order valence-corrected chi connectivity index (χ3v) is 49.6. The summed E-state index contributed by atoms with van der Waals surface area (Å²) in [6, 6.07) is 0. The molecule has 19 heavy (non-hydrogen) atoms. The van der Waals surface area contributed by atoms with E-state index < -0.39 is 34.9 Å². The normalized spacial score (nSPS) is 16.1. The Morgan fingerprint density at radius 1 is 0.684 bits per heavy atom. The molecule has 0 atom stereocenters. The molecular weight excluding hydrogens is 372 g/mol. The third-order valence-electron chi connectivity index (χ3n) is 4.31. The van der Waals surface area contributed by atoms with E-state index in [4.69, 9.17) is 0 Å². The fraction of sp³-hybridized carbons (Fsp3) is 1.00. The van der Waals surface area contributed by atoms with Gasteiger partial charge in [-0.05, 0) is 0 Å². The van der Waals surface area contributed by atoms with Crippen molar-refractivity contribution in [2.45, 2.75) is 89.4 Å². The maximum atomic E-state index is 16.7. The van der Waals surface area contributed by atoms with Crippen molar-refractivity contribution in [2.24, 2.45) is 0 Å². The summed E-state index contributed by atoms with van der Waals surface area (Å²) < 4.78 is 17.2. The van der Waals surface area contributed by atoms with E-state index in [0.29, 0.717) is 3.21 Å². The van der Waals surface area contributed by atoms with Crippen molar-refractivity contribution < 1.29 is 4.11 Å². The number of rotatable bonds is 3. The Morgan fingerprint density at radius 2 is 0.895 bits per heavy atom. The van der Waals surface area contributed by atoms with Crippen molar-refractivity contribution in [3.8, 4) is 0 Å². The van der Waals surface area contributed by atoms with Crippen LogP contribution in [0.15, 0.2) is 0 Å². The van der Waals surface area contributed by atoms with Gasteiger partial charge in [-0.3, -0.25) is 0 Å². The van der Waals surface area contributed by atoms with Crippen LogP contribution in [-0.4, -0.2) is 34.9 Å². The Morgan fingerprint density at radius 3 is 0.947 bits per heavy atom. The Hall–Kier alpha value is 1.23. The first-order valence-corrected chi connectivity index (χ1v) is 24.5.